The van der Waals surface area contributed by atoms with Crippen molar-refractivity contribution in [1.29, 1.82) is 0 Å². The average Bonchev–Trinajstić information content (AvgIpc) is 3.15. The molecule has 2 fully saturated rings. The van der Waals surface area contributed by atoms with Gasteiger partial charge in [-0.1, -0.05) is 30.0 Å². The summed E-state index contributed by atoms with van der Waals surface area (Å²) in [6.45, 7) is 10.5. The number of hydrogen-bond donors (Lipinski definition) is 1. The van der Waals surface area contributed by atoms with E-state index >= 15 is 0 Å². The summed E-state index contributed by atoms with van der Waals surface area (Å²) in [5, 5.41) is 0. The van der Waals surface area contributed by atoms with E-state index in [1.54, 1.807) is 4.90 Å². The minimum absolute atomic E-state index is 0.683. The second kappa shape index (κ2) is 10.7. The quantitative estimate of drug-likeness (QED) is 0.613. The number of rotatable bonds is 5. The molecule has 21 heavy (non-hydrogen) atoms. The second-order valence-corrected chi connectivity index (χ2v) is 7.39. The number of nitrogens with zero attached hydrogens (tertiary/aromatic N) is 1. The van der Waals surface area contributed by atoms with Crippen LogP contribution in [-0.4, -0.2) is 40.9 Å². The topological polar surface area (TPSA) is 7.68 Å². The van der Waals surface area contributed by atoms with Gasteiger partial charge in [-0.15, -0.1) is 0 Å². The van der Waals surface area contributed by atoms with E-state index in [0.29, 0.717) is 12.1 Å². The molecule has 0 saturated heterocycles. The van der Waals surface area contributed by atoms with Gasteiger partial charge in [0.1, 0.15) is 0 Å². The van der Waals surface area contributed by atoms with E-state index in [4.69, 9.17) is 24.8 Å². The predicted octanol–water partition coefficient (Wildman–Crippen LogP) is 2.94. The fraction of sp³-hybridized carbons (Fsp3) is 0.941. The SMILES string of the molecule is CC[NH+](CC)CC.S=C([S-])N(C1CCCC1)C1CCCC1. The first-order valence-corrected chi connectivity index (χ1v) is 9.78. The fourth-order valence-electron chi connectivity index (χ4n) is 3.71. The summed E-state index contributed by atoms with van der Waals surface area (Å²) in [6.07, 6.45) is 10.7. The highest BCUT2D eigenvalue weighted by Gasteiger charge is 2.28. The number of hydrogen-bond acceptors (Lipinski definition) is 2. The monoisotopic (exact) mass is 330 g/mol. The first-order chi connectivity index (χ1) is 10.1. The van der Waals surface area contributed by atoms with Crippen molar-refractivity contribution < 1.29 is 4.90 Å². The number of thiocarbonyl (C=S) groups is 1. The molecule has 0 heterocycles. The third kappa shape index (κ3) is 6.37. The van der Waals surface area contributed by atoms with Crippen molar-refractivity contribution in [1.82, 2.24) is 4.90 Å². The lowest BCUT2D eigenvalue weighted by atomic mass is 10.1. The third-order valence-electron chi connectivity index (χ3n) is 5.15. The Balaban J connectivity index is 0.000000270. The summed E-state index contributed by atoms with van der Waals surface area (Å²) in [5.41, 5.74) is 0. The van der Waals surface area contributed by atoms with Crippen LogP contribution in [0.3, 0.4) is 0 Å². The van der Waals surface area contributed by atoms with Crippen molar-refractivity contribution in [2.75, 3.05) is 19.6 Å². The Kier molecular flexibility index (Phi) is 9.78. The minimum Gasteiger partial charge on any atom is -0.411 e. The maximum atomic E-state index is 5.23. The smallest absolute Gasteiger partial charge is 0.0742 e. The normalized spacial score (nSPS) is 19.6. The van der Waals surface area contributed by atoms with Gasteiger partial charge >= 0.3 is 0 Å². The predicted molar refractivity (Wildman–Crippen MR) is 98.9 cm³/mol. The molecule has 4 heteroatoms. The molecule has 0 aromatic carbocycles. The molecular formula is C17H34N2S2. The molecule has 2 nitrogen and oxygen atoms in total. The van der Waals surface area contributed by atoms with E-state index < -0.39 is 0 Å². The van der Waals surface area contributed by atoms with Crippen LogP contribution in [0.5, 0.6) is 0 Å². The van der Waals surface area contributed by atoms with Crippen LogP contribution in [0.4, 0.5) is 0 Å². The van der Waals surface area contributed by atoms with Gasteiger partial charge in [-0.2, -0.15) is 0 Å². The fourth-order valence-corrected chi connectivity index (χ4v) is 4.31. The summed E-state index contributed by atoms with van der Waals surface area (Å²) >= 11 is 10.5. The molecule has 0 unspecified atom stereocenters. The van der Waals surface area contributed by atoms with Gasteiger partial charge < -0.3 is 34.6 Å². The maximum Gasteiger partial charge on any atom is 0.0742 e. The van der Waals surface area contributed by atoms with Crippen molar-refractivity contribution in [3.8, 4) is 0 Å². The maximum absolute atomic E-state index is 5.23. The van der Waals surface area contributed by atoms with Gasteiger partial charge in [0.05, 0.1) is 19.6 Å². The standard InChI is InChI=1S/C11H19NS2.C6H15N/c13-11(14)12(9-5-1-2-6-9)10-7-3-4-8-10;1-4-7(5-2)6-3/h9-10H,1-8H2,(H,13,14);4-6H2,1-3H3. The van der Waals surface area contributed by atoms with Crippen molar-refractivity contribution in [2.24, 2.45) is 0 Å². The Labute approximate surface area is 143 Å². The van der Waals surface area contributed by atoms with Crippen LogP contribution in [0.25, 0.3) is 0 Å². The van der Waals surface area contributed by atoms with Crippen LogP contribution in [0.2, 0.25) is 0 Å². The highest BCUT2D eigenvalue weighted by atomic mass is 32.1. The van der Waals surface area contributed by atoms with Crippen molar-refractivity contribution in [3.63, 3.8) is 0 Å². The Morgan fingerprint density at radius 1 is 0.905 bits per heavy atom. The van der Waals surface area contributed by atoms with E-state index in [0.717, 1.165) is 4.32 Å². The molecule has 0 spiro atoms. The lowest BCUT2D eigenvalue weighted by molar-refractivity contribution is -0.894. The molecule has 0 radical (unpaired) electrons. The Morgan fingerprint density at radius 2 is 1.24 bits per heavy atom. The van der Waals surface area contributed by atoms with Gasteiger partial charge in [0.25, 0.3) is 0 Å². The first-order valence-electron chi connectivity index (χ1n) is 8.96. The Morgan fingerprint density at radius 3 is 1.43 bits per heavy atom. The van der Waals surface area contributed by atoms with Gasteiger partial charge in [0.15, 0.2) is 0 Å². The van der Waals surface area contributed by atoms with Gasteiger partial charge in [-0.25, -0.2) is 0 Å². The molecule has 0 aromatic heterocycles. The molecule has 0 bridgehead atoms. The zero-order chi connectivity index (χ0) is 15.7. The first kappa shape index (κ1) is 19.1. The molecule has 124 valence electrons. The van der Waals surface area contributed by atoms with Crippen molar-refractivity contribution in [3.05, 3.63) is 0 Å². The Hall–Kier alpha value is 0.0700. The lowest BCUT2D eigenvalue weighted by Gasteiger charge is -2.39. The molecule has 0 atom stereocenters. The van der Waals surface area contributed by atoms with E-state index in [1.165, 1.54) is 71.0 Å². The Bertz CT molecular complexity index is 259. The third-order valence-corrected chi connectivity index (χ3v) is 5.57. The van der Waals surface area contributed by atoms with Crippen molar-refractivity contribution in [2.45, 2.75) is 84.2 Å². The average molecular weight is 331 g/mol. The van der Waals surface area contributed by atoms with Crippen LogP contribution < -0.4 is 4.90 Å². The molecule has 2 aliphatic rings. The van der Waals surface area contributed by atoms with Gasteiger partial charge in [-0.05, 0) is 46.5 Å². The molecule has 1 N–H and O–H groups in total. The highest BCUT2D eigenvalue weighted by molar-refractivity contribution is 8.00. The zero-order valence-electron chi connectivity index (χ0n) is 14.2. The minimum atomic E-state index is 0.683. The van der Waals surface area contributed by atoms with Crippen LogP contribution >= 0.6 is 12.2 Å². The molecule has 0 amide bonds. The lowest BCUT2D eigenvalue weighted by Crippen LogP contribution is -3.11. The van der Waals surface area contributed by atoms with Crippen LogP contribution in [0, 0.1) is 0 Å². The molecule has 2 aliphatic carbocycles. The highest BCUT2D eigenvalue weighted by Crippen LogP contribution is 2.31. The molecular weight excluding hydrogens is 296 g/mol. The summed E-state index contributed by atoms with van der Waals surface area (Å²) in [5.74, 6) is 0. The van der Waals surface area contributed by atoms with Gasteiger partial charge in [0, 0.05) is 12.1 Å². The summed E-state index contributed by atoms with van der Waals surface area (Å²) in [6, 6.07) is 1.37. The molecule has 2 saturated carbocycles. The summed E-state index contributed by atoms with van der Waals surface area (Å²) in [4.78, 5) is 4.07. The second-order valence-electron chi connectivity index (χ2n) is 6.36. The van der Waals surface area contributed by atoms with E-state index in [-0.39, 0.29) is 0 Å². The zero-order valence-corrected chi connectivity index (χ0v) is 15.8. The summed E-state index contributed by atoms with van der Waals surface area (Å²) in [7, 11) is 0. The van der Waals surface area contributed by atoms with Crippen LogP contribution in [-0.2, 0) is 12.6 Å². The summed E-state index contributed by atoms with van der Waals surface area (Å²) < 4.78 is 0.726. The molecule has 2 rings (SSSR count). The van der Waals surface area contributed by atoms with Crippen LogP contribution in [0.1, 0.15) is 72.1 Å². The molecule has 0 aliphatic heterocycles. The largest absolute Gasteiger partial charge is 0.411 e. The number of nitrogens with one attached hydrogen (secondary N) is 1. The van der Waals surface area contributed by atoms with E-state index in [9.17, 15) is 0 Å². The van der Waals surface area contributed by atoms with Gasteiger partial charge in [0.2, 0.25) is 0 Å². The van der Waals surface area contributed by atoms with Gasteiger partial charge in [-0.3, -0.25) is 0 Å². The molecule has 0 aromatic rings. The van der Waals surface area contributed by atoms with Crippen LogP contribution in [0.15, 0.2) is 0 Å². The van der Waals surface area contributed by atoms with E-state index in [1.807, 2.05) is 0 Å². The van der Waals surface area contributed by atoms with E-state index in [2.05, 4.69) is 25.7 Å². The number of quaternary nitrogens is 1. The van der Waals surface area contributed by atoms with Crippen molar-refractivity contribution >= 4 is 29.2 Å².